The fourth-order valence-electron chi connectivity index (χ4n) is 3.19. The van der Waals surface area contributed by atoms with Crippen molar-refractivity contribution in [3.05, 3.63) is 65.7 Å². The Bertz CT molecular complexity index is 665. The molecule has 3 rings (SSSR count). The van der Waals surface area contributed by atoms with Gasteiger partial charge in [0.2, 0.25) is 5.91 Å². The minimum Gasteiger partial charge on any atom is -0.369 e. The predicted octanol–water partition coefficient (Wildman–Crippen LogP) is 2.45. The molecule has 0 aromatic heterocycles. The van der Waals surface area contributed by atoms with E-state index in [1.807, 2.05) is 0 Å². The Kier molecular flexibility index (Phi) is 6.04. The third-order valence-corrected chi connectivity index (χ3v) is 4.69. The Labute approximate surface area is 148 Å². The molecule has 1 amide bonds. The number of anilines is 1. The Morgan fingerprint density at radius 2 is 1.56 bits per heavy atom. The van der Waals surface area contributed by atoms with Gasteiger partial charge in [0.25, 0.3) is 0 Å². The maximum atomic E-state index is 11.1. The van der Waals surface area contributed by atoms with E-state index in [-0.39, 0.29) is 5.91 Å². The van der Waals surface area contributed by atoms with Crippen LogP contribution in [0.3, 0.4) is 0 Å². The third-order valence-electron chi connectivity index (χ3n) is 4.69. The summed E-state index contributed by atoms with van der Waals surface area (Å²) in [5.41, 5.74) is 5.38. The van der Waals surface area contributed by atoms with E-state index in [0.717, 1.165) is 38.3 Å². The molecule has 1 heterocycles. The first-order valence-corrected chi connectivity index (χ1v) is 8.78. The van der Waals surface area contributed by atoms with Gasteiger partial charge in [-0.1, -0.05) is 42.5 Å². The molecule has 1 saturated heterocycles. The summed E-state index contributed by atoms with van der Waals surface area (Å²) in [7, 11) is 0. The number of benzene rings is 2. The molecule has 1 aliphatic heterocycles. The summed E-state index contributed by atoms with van der Waals surface area (Å²) < 4.78 is 0. The number of hydrogen-bond acceptors (Lipinski definition) is 4. The SMILES string of the molecule is O=C(CCc1ccc(CN2CCN(c3ccccc3)CC2)cc1)NO. The number of para-hydroxylation sites is 1. The second kappa shape index (κ2) is 8.65. The van der Waals surface area contributed by atoms with E-state index in [0.29, 0.717) is 12.8 Å². The largest absolute Gasteiger partial charge is 0.369 e. The predicted molar refractivity (Wildman–Crippen MR) is 98.6 cm³/mol. The molecule has 1 fully saturated rings. The summed E-state index contributed by atoms with van der Waals surface area (Å²) in [6.45, 7) is 5.19. The van der Waals surface area contributed by atoms with Crippen LogP contribution >= 0.6 is 0 Å². The maximum absolute atomic E-state index is 11.1. The number of piperazine rings is 1. The Morgan fingerprint density at radius 1 is 0.920 bits per heavy atom. The lowest BCUT2D eigenvalue weighted by molar-refractivity contribution is -0.129. The van der Waals surface area contributed by atoms with Crippen molar-refractivity contribution in [3.8, 4) is 0 Å². The summed E-state index contributed by atoms with van der Waals surface area (Å²) in [4.78, 5) is 16.0. The van der Waals surface area contributed by atoms with Crippen molar-refractivity contribution < 1.29 is 10.0 Å². The number of carbonyl (C=O) groups is 1. The third kappa shape index (κ3) is 5.05. The van der Waals surface area contributed by atoms with Crippen molar-refractivity contribution in [2.24, 2.45) is 0 Å². The van der Waals surface area contributed by atoms with Gasteiger partial charge in [0, 0.05) is 44.8 Å². The molecule has 0 unspecified atom stereocenters. The second-order valence-electron chi connectivity index (χ2n) is 6.45. The summed E-state index contributed by atoms with van der Waals surface area (Å²) in [5, 5.41) is 8.52. The number of amides is 1. The van der Waals surface area contributed by atoms with Gasteiger partial charge in [-0.25, -0.2) is 5.48 Å². The number of hydrogen-bond donors (Lipinski definition) is 2. The van der Waals surface area contributed by atoms with E-state index in [2.05, 4.69) is 64.4 Å². The molecule has 2 aromatic rings. The van der Waals surface area contributed by atoms with Crippen molar-refractivity contribution in [3.63, 3.8) is 0 Å². The van der Waals surface area contributed by atoms with Crippen molar-refractivity contribution in [1.29, 1.82) is 0 Å². The van der Waals surface area contributed by atoms with Crippen molar-refractivity contribution in [1.82, 2.24) is 10.4 Å². The first-order chi connectivity index (χ1) is 12.2. The maximum Gasteiger partial charge on any atom is 0.243 e. The molecule has 1 aliphatic rings. The molecule has 5 heteroatoms. The zero-order valence-corrected chi connectivity index (χ0v) is 14.4. The molecule has 0 spiro atoms. The fourth-order valence-corrected chi connectivity index (χ4v) is 3.19. The molecule has 5 nitrogen and oxygen atoms in total. The van der Waals surface area contributed by atoms with Gasteiger partial charge in [-0.15, -0.1) is 0 Å². The number of carbonyl (C=O) groups excluding carboxylic acids is 1. The molecular formula is C20H25N3O2. The number of hydroxylamine groups is 1. The number of rotatable bonds is 6. The first kappa shape index (κ1) is 17.5. The van der Waals surface area contributed by atoms with Gasteiger partial charge in [0.05, 0.1) is 0 Å². The average molecular weight is 339 g/mol. The molecule has 0 bridgehead atoms. The smallest absolute Gasteiger partial charge is 0.243 e. The molecule has 2 N–H and O–H groups in total. The Morgan fingerprint density at radius 3 is 2.20 bits per heavy atom. The Balaban J connectivity index is 1.46. The molecule has 0 radical (unpaired) electrons. The van der Waals surface area contributed by atoms with Crippen LogP contribution in [0.15, 0.2) is 54.6 Å². The van der Waals surface area contributed by atoms with Crippen LogP contribution in [0.2, 0.25) is 0 Å². The van der Waals surface area contributed by atoms with Crippen LogP contribution in [0, 0.1) is 0 Å². The summed E-state index contributed by atoms with van der Waals surface area (Å²) >= 11 is 0. The van der Waals surface area contributed by atoms with Crippen LogP contribution in [0.4, 0.5) is 5.69 Å². The van der Waals surface area contributed by atoms with Gasteiger partial charge in [-0.05, 0) is 29.7 Å². The first-order valence-electron chi connectivity index (χ1n) is 8.78. The topological polar surface area (TPSA) is 55.8 Å². The van der Waals surface area contributed by atoms with Gasteiger partial charge in [-0.3, -0.25) is 14.9 Å². The van der Waals surface area contributed by atoms with Crippen LogP contribution in [0.5, 0.6) is 0 Å². The lowest BCUT2D eigenvalue weighted by atomic mass is 10.1. The van der Waals surface area contributed by atoms with E-state index in [4.69, 9.17) is 5.21 Å². The van der Waals surface area contributed by atoms with Crippen LogP contribution in [0.25, 0.3) is 0 Å². The summed E-state index contributed by atoms with van der Waals surface area (Å²) in [6.07, 6.45) is 0.944. The van der Waals surface area contributed by atoms with Crippen LogP contribution < -0.4 is 10.4 Å². The molecular weight excluding hydrogens is 314 g/mol. The van der Waals surface area contributed by atoms with Gasteiger partial charge < -0.3 is 4.90 Å². The van der Waals surface area contributed by atoms with Gasteiger partial charge in [-0.2, -0.15) is 0 Å². The van der Waals surface area contributed by atoms with E-state index in [1.165, 1.54) is 11.3 Å². The Hall–Kier alpha value is -2.37. The molecule has 2 aromatic carbocycles. The zero-order chi connectivity index (χ0) is 17.5. The van der Waals surface area contributed by atoms with Crippen LogP contribution in [0.1, 0.15) is 17.5 Å². The van der Waals surface area contributed by atoms with Crippen LogP contribution in [-0.2, 0) is 17.8 Å². The van der Waals surface area contributed by atoms with Crippen molar-refractivity contribution in [2.45, 2.75) is 19.4 Å². The molecule has 0 aliphatic carbocycles. The molecule has 0 saturated carbocycles. The number of nitrogens with one attached hydrogen (secondary N) is 1. The average Bonchev–Trinajstić information content (AvgIpc) is 2.68. The van der Waals surface area contributed by atoms with E-state index in [9.17, 15) is 4.79 Å². The number of aryl methyl sites for hydroxylation is 1. The minimum atomic E-state index is -0.347. The second-order valence-corrected chi connectivity index (χ2v) is 6.45. The summed E-state index contributed by atoms with van der Waals surface area (Å²) in [6, 6.07) is 19.0. The fraction of sp³-hybridized carbons (Fsp3) is 0.350. The van der Waals surface area contributed by atoms with Gasteiger partial charge in [0.15, 0.2) is 0 Å². The molecule has 25 heavy (non-hydrogen) atoms. The monoisotopic (exact) mass is 339 g/mol. The zero-order valence-electron chi connectivity index (χ0n) is 14.4. The van der Waals surface area contributed by atoms with Crippen molar-refractivity contribution >= 4 is 11.6 Å². The van der Waals surface area contributed by atoms with E-state index in [1.54, 1.807) is 5.48 Å². The lowest BCUT2D eigenvalue weighted by Gasteiger charge is -2.36. The molecule has 0 atom stereocenters. The minimum absolute atomic E-state index is 0.303. The van der Waals surface area contributed by atoms with Crippen LogP contribution in [-0.4, -0.2) is 42.2 Å². The van der Waals surface area contributed by atoms with Gasteiger partial charge >= 0.3 is 0 Å². The highest BCUT2D eigenvalue weighted by molar-refractivity contribution is 5.74. The summed E-state index contributed by atoms with van der Waals surface area (Å²) in [5.74, 6) is -0.347. The highest BCUT2D eigenvalue weighted by Crippen LogP contribution is 2.17. The van der Waals surface area contributed by atoms with Crippen molar-refractivity contribution in [2.75, 3.05) is 31.1 Å². The highest BCUT2D eigenvalue weighted by atomic mass is 16.5. The van der Waals surface area contributed by atoms with Gasteiger partial charge in [0.1, 0.15) is 0 Å². The standard InChI is InChI=1S/C20H25N3O2/c24-20(21-25)11-10-17-6-8-18(9-7-17)16-22-12-14-23(15-13-22)19-4-2-1-3-5-19/h1-9,25H,10-16H2,(H,21,24). The van der Waals surface area contributed by atoms with E-state index < -0.39 is 0 Å². The lowest BCUT2D eigenvalue weighted by Crippen LogP contribution is -2.45. The quantitative estimate of drug-likeness (QED) is 0.627. The normalized spacial score (nSPS) is 15.2. The highest BCUT2D eigenvalue weighted by Gasteiger charge is 2.17. The number of nitrogens with zero attached hydrogens (tertiary/aromatic N) is 2. The van der Waals surface area contributed by atoms with E-state index >= 15 is 0 Å². The molecule has 132 valence electrons.